The molecule has 1 N–H and O–H groups in total. The quantitative estimate of drug-likeness (QED) is 0.850. The summed E-state index contributed by atoms with van der Waals surface area (Å²) in [5.74, 6) is 2.20. The van der Waals surface area contributed by atoms with Gasteiger partial charge >= 0.3 is 0 Å². The van der Waals surface area contributed by atoms with Gasteiger partial charge in [0.1, 0.15) is 0 Å². The van der Waals surface area contributed by atoms with Gasteiger partial charge in [-0.2, -0.15) is 0 Å². The van der Waals surface area contributed by atoms with Crippen molar-refractivity contribution in [1.29, 1.82) is 0 Å². The minimum Gasteiger partial charge on any atom is -0.493 e. The predicted molar refractivity (Wildman–Crippen MR) is 97.1 cm³/mol. The van der Waals surface area contributed by atoms with Gasteiger partial charge in [-0.3, -0.25) is 0 Å². The molecule has 1 aromatic carbocycles. The zero-order valence-electron chi connectivity index (χ0n) is 16.2. The van der Waals surface area contributed by atoms with Crippen LogP contribution in [0.4, 0.5) is 0 Å². The van der Waals surface area contributed by atoms with Gasteiger partial charge in [0, 0.05) is 22.5 Å². The highest BCUT2D eigenvalue weighted by atomic mass is 16.5. The van der Waals surface area contributed by atoms with E-state index < -0.39 is 6.10 Å². The molecule has 0 bridgehead atoms. The fourth-order valence-corrected chi connectivity index (χ4v) is 5.66. The van der Waals surface area contributed by atoms with Crippen molar-refractivity contribution in [3.8, 4) is 11.5 Å². The highest BCUT2D eigenvalue weighted by Crippen LogP contribution is 2.65. The number of hydrogen-bond donors (Lipinski definition) is 1. The van der Waals surface area contributed by atoms with Gasteiger partial charge in [0.05, 0.1) is 20.3 Å². The zero-order valence-corrected chi connectivity index (χ0v) is 16.2. The lowest BCUT2D eigenvalue weighted by molar-refractivity contribution is -0.0275. The second-order valence-corrected chi connectivity index (χ2v) is 8.83. The van der Waals surface area contributed by atoms with Crippen LogP contribution in [-0.2, 0) is 5.41 Å². The molecule has 3 rings (SSSR count). The number of aliphatic hydroxyl groups is 1. The first-order chi connectivity index (χ1) is 11.2. The van der Waals surface area contributed by atoms with Crippen molar-refractivity contribution in [2.45, 2.75) is 71.3 Å². The summed E-state index contributed by atoms with van der Waals surface area (Å²) in [6, 6.07) is 2.17. The Labute approximate surface area is 146 Å². The minimum atomic E-state index is -0.433. The summed E-state index contributed by atoms with van der Waals surface area (Å²) in [6.45, 7) is 11.2. The van der Waals surface area contributed by atoms with E-state index in [-0.39, 0.29) is 16.7 Å². The van der Waals surface area contributed by atoms with E-state index in [4.69, 9.17) is 9.47 Å². The largest absolute Gasteiger partial charge is 0.493 e. The van der Waals surface area contributed by atoms with Crippen LogP contribution >= 0.6 is 0 Å². The number of hydrogen-bond acceptors (Lipinski definition) is 3. The molecule has 0 spiro atoms. The summed E-state index contributed by atoms with van der Waals surface area (Å²) in [7, 11) is 3.44. The number of benzene rings is 1. The number of rotatable bonds is 3. The summed E-state index contributed by atoms with van der Waals surface area (Å²) in [4.78, 5) is 0. The van der Waals surface area contributed by atoms with Gasteiger partial charge in [-0.25, -0.2) is 0 Å². The van der Waals surface area contributed by atoms with Crippen molar-refractivity contribution in [3.05, 3.63) is 22.8 Å². The van der Waals surface area contributed by atoms with E-state index in [1.165, 1.54) is 12.0 Å². The van der Waals surface area contributed by atoms with Crippen LogP contribution in [-0.4, -0.2) is 19.3 Å². The summed E-state index contributed by atoms with van der Waals surface area (Å²) in [5.41, 5.74) is 3.40. The van der Waals surface area contributed by atoms with Crippen molar-refractivity contribution in [2.24, 2.45) is 11.3 Å². The van der Waals surface area contributed by atoms with Crippen LogP contribution in [0.2, 0.25) is 0 Å². The maximum absolute atomic E-state index is 11.3. The van der Waals surface area contributed by atoms with E-state index in [1.807, 2.05) is 0 Å². The molecule has 1 aromatic rings. The molecule has 1 fully saturated rings. The summed E-state index contributed by atoms with van der Waals surface area (Å²) in [6.07, 6.45) is 3.00. The monoisotopic (exact) mass is 332 g/mol. The molecule has 1 unspecified atom stereocenters. The lowest BCUT2D eigenvalue weighted by atomic mass is 9.56. The Bertz CT molecular complexity index is 647. The molecular formula is C21H32O3. The second-order valence-electron chi connectivity index (χ2n) is 8.83. The van der Waals surface area contributed by atoms with Crippen LogP contribution in [0.15, 0.2) is 6.07 Å². The van der Waals surface area contributed by atoms with Crippen LogP contribution in [0.5, 0.6) is 11.5 Å². The number of ether oxygens (including phenoxy) is 2. The number of fused-ring (bicyclic) bond motifs is 3. The molecule has 3 heteroatoms. The summed E-state index contributed by atoms with van der Waals surface area (Å²) < 4.78 is 11.6. The molecule has 2 aliphatic carbocycles. The Balaban J connectivity index is 2.32. The van der Waals surface area contributed by atoms with E-state index in [0.29, 0.717) is 5.92 Å². The van der Waals surface area contributed by atoms with Gasteiger partial charge in [-0.1, -0.05) is 41.0 Å². The molecule has 2 aliphatic rings. The van der Waals surface area contributed by atoms with Crippen molar-refractivity contribution >= 4 is 0 Å². The van der Waals surface area contributed by atoms with E-state index >= 15 is 0 Å². The number of aliphatic hydroxyl groups excluding tert-OH is 1. The Morgan fingerprint density at radius 1 is 1.08 bits per heavy atom. The third kappa shape index (κ3) is 2.20. The first kappa shape index (κ1) is 17.6. The van der Waals surface area contributed by atoms with Gasteiger partial charge in [-0.15, -0.1) is 0 Å². The van der Waals surface area contributed by atoms with Crippen LogP contribution in [0.25, 0.3) is 0 Å². The molecule has 0 aliphatic heterocycles. The van der Waals surface area contributed by atoms with E-state index in [2.05, 4.69) is 40.7 Å². The van der Waals surface area contributed by atoms with E-state index in [0.717, 1.165) is 35.5 Å². The van der Waals surface area contributed by atoms with Crippen molar-refractivity contribution in [1.82, 2.24) is 0 Å². The number of methoxy groups -OCH3 is 2. The second kappa shape index (κ2) is 5.66. The Kier molecular flexibility index (Phi) is 4.15. The van der Waals surface area contributed by atoms with Crippen molar-refractivity contribution in [3.63, 3.8) is 0 Å². The smallest absolute Gasteiger partial charge is 0.165 e. The van der Waals surface area contributed by atoms with Gasteiger partial charge < -0.3 is 14.6 Å². The highest BCUT2D eigenvalue weighted by Gasteiger charge is 2.58. The molecular weight excluding hydrogens is 300 g/mol. The molecule has 0 aromatic heterocycles. The molecule has 3 nitrogen and oxygen atoms in total. The van der Waals surface area contributed by atoms with Crippen molar-refractivity contribution in [2.75, 3.05) is 14.2 Å². The molecule has 0 radical (unpaired) electrons. The average molecular weight is 332 g/mol. The van der Waals surface area contributed by atoms with Crippen LogP contribution < -0.4 is 9.47 Å². The van der Waals surface area contributed by atoms with Crippen LogP contribution in [0.1, 0.15) is 82.6 Å². The molecule has 0 saturated heterocycles. The highest BCUT2D eigenvalue weighted by molar-refractivity contribution is 5.62. The Morgan fingerprint density at radius 2 is 1.71 bits per heavy atom. The minimum absolute atomic E-state index is 0.0648. The lowest BCUT2D eigenvalue weighted by Crippen LogP contribution is -2.43. The van der Waals surface area contributed by atoms with Crippen LogP contribution in [0.3, 0.4) is 0 Å². The molecule has 0 heterocycles. The summed E-state index contributed by atoms with van der Waals surface area (Å²) in [5, 5.41) is 11.3. The fraction of sp³-hybridized carbons (Fsp3) is 0.714. The SMILES string of the molecule is COc1c(C(C)C)cc2c(c1OC)[C@@]1(C)CCCC(C)(C)[C@H]1C2O. The van der Waals surface area contributed by atoms with Crippen LogP contribution in [0, 0.1) is 11.3 Å². The standard InChI is InChI=1S/C21H32O3/c1-12(2)13-11-14-15(18(24-7)17(13)23-6)21(5)10-8-9-20(3,4)19(21)16(14)22/h11-12,16,19,22H,8-10H2,1-7H3/t16?,19-,21-/m1/s1. The predicted octanol–water partition coefficient (Wildman–Crippen LogP) is 4.96. The van der Waals surface area contributed by atoms with E-state index in [9.17, 15) is 5.11 Å². The summed E-state index contributed by atoms with van der Waals surface area (Å²) >= 11 is 0. The topological polar surface area (TPSA) is 38.7 Å². The first-order valence-electron chi connectivity index (χ1n) is 9.16. The molecule has 24 heavy (non-hydrogen) atoms. The maximum Gasteiger partial charge on any atom is 0.165 e. The Morgan fingerprint density at radius 3 is 2.25 bits per heavy atom. The third-order valence-electron chi connectivity index (χ3n) is 6.58. The molecule has 0 amide bonds. The fourth-order valence-electron chi connectivity index (χ4n) is 5.66. The molecule has 134 valence electrons. The lowest BCUT2D eigenvalue weighted by Gasteiger charge is -2.48. The normalized spacial score (nSPS) is 30.9. The maximum atomic E-state index is 11.3. The average Bonchev–Trinajstić information content (AvgIpc) is 2.74. The van der Waals surface area contributed by atoms with Gasteiger partial charge in [-0.05, 0) is 35.8 Å². The van der Waals surface area contributed by atoms with Gasteiger partial charge in [0.15, 0.2) is 11.5 Å². The van der Waals surface area contributed by atoms with Crippen molar-refractivity contribution < 1.29 is 14.6 Å². The third-order valence-corrected chi connectivity index (χ3v) is 6.58. The zero-order chi connectivity index (χ0) is 17.9. The molecule has 1 saturated carbocycles. The van der Waals surface area contributed by atoms with E-state index in [1.54, 1.807) is 14.2 Å². The molecule has 3 atom stereocenters. The van der Waals surface area contributed by atoms with Gasteiger partial charge in [0.2, 0.25) is 0 Å². The Hall–Kier alpha value is -1.22. The first-order valence-corrected chi connectivity index (χ1v) is 9.16. The van der Waals surface area contributed by atoms with Gasteiger partial charge in [0.25, 0.3) is 0 Å².